The zero-order valence-corrected chi connectivity index (χ0v) is 13.3. The van der Waals surface area contributed by atoms with Crippen molar-refractivity contribution in [3.8, 4) is 0 Å². The summed E-state index contributed by atoms with van der Waals surface area (Å²) in [4.78, 5) is 0. The van der Waals surface area contributed by atoms with Crippen molar-refractivity contribution in [2.24, 2.45) is 5.92 Å². The molecule has 1 aromatic rings. The molecule has 0 amide bonds. The van der Waals surface area contributed by atoms with Gasteiger partial charge in [-0.2, -0.15) is 0 Å². The Balaban J connectivity index is 2.08. The van der Waals surface area contributed by atoms with Gasteiger partial charge >= 0.3 is 0 Å². The molecule has 1 fully saturated rings. The molecule has 6 heteroatoms. The molecule has 2 rings (SSSR count). The summed E-state index contributed by atoms with van der Waals surface area (Å²) in [6.07, 6.45) is 1.92. The lowest BCUT2D eigenvalue weighted by Crippen LogP contribution is -2.36. The molecule has 1 N–H and O–H groups in total. The fourth-order valence-corrected chi connectivity index (χ4v) is 2.66. The molecule has 1 aliphatic rings. The molecule has 0 spiro atoms. The topological polar surface area (TPSA) is 64.9 Å². The number of nitrogens with one attached hydrogen (secondary N) is 1. The first-order valence-electron chi connectivity index (χ1n) is 7.54. The molecule has 1 aliphatic heterocycles. The van der Waals surface area contributed by atoms with Gasteiger partial charge in [-0.25, -0.2) is 4.68 Å². The molecule has 6 nitrogen and oxygen atoms in total. The number of hydrogen-bond donors (Lipinski definition) is 1. The average Bonchev–Trinajstić information content (AvgIpc) is 2.83. The van der Waals surface area contributed by atoms with Crippen molar-refractivity contribution < 1.29 is 4.74 Å². The predicted octanol–water partition coefficient (Wildman–Crippen LogP) is 2.11. The Morgan fingerprint density at radius 2 is 2.15 bits per heavy atom. The van der Waals surface area contributed by atoms with Crippen molar-refractivity contribution in [3.63, 3.8) is 0 Å². The van der Waals surface area contributed by atoms with Gasteiger partial charge in [-0.15, -0.1) is 5.10 Å². The maximum Gasteiger partial charge on any atom is 0.168 e. The highest BCUT2D eigenvalue weighted by Gasteiger charge is 2.32. The lowest BCUT2D eigenvalue weighted by molar-refractivity contribution is -0.0715. The van der Waals surface area contributed by atoms with Crippen molar-refractivity contribution in [1.29, 1.82) is 0 Å². The highest BCUT2D eigenvalue weighted by molar-refractivity contribution is 4.94. The van der Waals surface area contributed by atoms with Gasteiger partial charge in [0.15, 0.2) is 5.82 Å². The Bertz CT molecular complexity index is 429. The lowest BCUT2D eigenvalue weighted by Gasteiger charge is -2.35. The standard InChI is InChI=1S/C14H27N5O/c1-10(2)9-15-11(3)13-16-17-18-19(13)12-6-7-20-14(4,5)8-12/h10-12,15H,6-9H2,1-5H3. The molecule has 2 unspecified atom stereocenters. The Morgan fingerprint density at radius 1 is 1.40 bits per heavy atom. The van der Waals surface area contributed by atoms with Gasteiger partial charge in [-0.1, -0.05) is 13.8 Å². The molecule has 20 heavy (non-hydrogen) atoms. The molecular formula is C14H27N5O. The number of hydrogen-bond acceptors (Lipinski definition) is 5. The second kappa shape index (κ2) is 6.18. The van der Waals surface area contributed by atoms with E-state index in [9.17, 15) is 0 Å². The van der Waals surface area contributed by atoms with Crippen LogP contribution in [0.25, 0.3) is 0 Å². The molecule has 0 saturated carbocycles. The van der Waals surface area contributed by atoms with Crippen LogP contribution in [0.5, 0.6) is 0 Å². The van der Waals surface area contributed by atoms with Crippen LogP contribution >= 0.6 is 0 Å². The van der Waals surface area contributed by atoms with E-state index in [-0.39, 0.29) is 11.6 Å². The van der Waals surface area contributed by atoms with E-state index in [1.807, 2.05) is 4.68 Å². The molecule has 0 aliphatic carbocycles. The maximum atomic E-state index is 5.78. The quantitative estimate of drug-likeness (QED) is 0.895. The van der Waals surface area contributed by atoms with E-state index in [2.05, 4.69) is 55.5 Å². The largest absolute Gasteiger partial charge is 0.375 e. The van der Waals surface area contributed by atoms with Gasteiger partial charge in [0.2, 0.25) is 0 Å². The first kappa shape index (κ1) is 15.4. The Kier molecular flexibility index (Phi) is 4.75. The summed E-state index contributed by atoms with van der Waals surface area (Å²) < 4.78 is 7.76. The van der Waals surface area contributed by atoms with Crippen molar-refractivity contribution >= 4 is 0 Å². The number of rotatable bonds is 5. The monoisotopic (exact) mass is 281 g/mol. The van der Waals surface area contributed by atoms with Crippen LogP contribution in [0.4, 0.5) is 0 Å². The number of nitrogens with zero attached hydrogens (tertiary/aromatic N) is 4. The second-order valence-corrected chi connectivity index (χ2v) is 6.76. The van der Waals surface area contributed by atoms with Gasteiger partial charge < -0.3 is 10.1 Å². The summed E-state index contributed by atoms with van der Waals surface area (Å²) in [6, 6.07) is 0.491. The summed E-state index contributed by atoms with van der Waals surface area (Å²) >= 11 is 0. The molecule has 0 bridgehead atoms. The van der Waals surface area contributed by atoms with Crippen molar-refractivity contribution in [1.82, 2.24) is 25.5 Å². The third-order valence-corrected chi connectivity index (χ3v) is 3.75. The minimum absolute atomic E-state index is 0.0965. The smallest absolute Gasteiger partial charge is 0.168 e. The Hall–Kier alpha value is -1.01. The molecule has 114 valence electrons. The minimum Gasteiger partial charge on any atom is -0.375 e. The van der Waals surface area contributed by atoms with Crippen LogP contribution in [-0.4, -0.2) is 39.0 Å². The van der Waals surface area contributed by atoms with Gasteiger partial charge in [0, 0.05) is 6.61 Å². The number of tetrazole rings is 1. The molecule has 2 heterocycles. The van der Waals surface area contributed by atoms with Gasteiger partial charge in [-0.3, -0.25) is 0 Å². The van der Waals surface area contributed by atoms with Gasteiger partial charge in [0.05, 0.1) is 17.7 Å². The van der Waals surface area contributed by atoms with Crippen LogP contribution < -0.4 is 5.32 Å². The second-order valence-electron chi connectivity index (χ2n) is 6.76. The van der Waals surface area contributed by atoms with Crippen molar-refractivity contribution in [2.45, 2.75) is 65.1 Å². The van der Waals surface area contributed by atoms with E-state index in [1.54, 1.807) is 0 Å². The highest BCUT2D eigenvalue weighted by atomic mass is 16.5. The van der Waals surface area contributed by atoms with E-state index in [0.29, 0.717) is 12.0 Å². The summed E-state index contributed by atoms with van der Waals surface area (Å²) in [7, 11) is 0. The first-order chi connectivity index (χ1) is 9.39. The van der Waals surface area contributed by atoms with Crippen LogP contribution in [0.15, 0.2) is 0 Å². The number of ether oxygens (including phenoxy) is 1. The van der Waals surface area contributed by atoms with E-state index >= 15 is 0 Å². The molecule has 1 aromatic heterocycles. The van der Waals surface area contributed by atoms with Crippen LogP contribution in [-0.2, 0) is 4.74 Å². The third kappa shape index (κ3) is 3.76. The van der Waals surface area contributed by atoms with E-state index in [0.717, 1.165) is 31.8 Å². The maximum absolute atomic E-state index is 5.78. The Morgan fingerprint density at radius 3 is 2.80 bits per heavy atom. The highest BCUT2D eigenvalue weighted by Crippen LogP contribution is 2.32. The van der Waals surface area contributed by atoms with Crippen molar-refractivity contribution in [2.75, 3.05) is 13.2 Å². The molecule has 0 aromatic carbocycles. The summed E-state index contributed by atoms with van der Waals surface area (Å²) in [6.45, 7) is 12.5. The van der Waals surface area contributed by atoms with E-state index in [4.69, 9.17) is 4.74 Å². The first-order valence-corrected chi connectivity index (χ1v) is 7.54. The van der Waals surface area contributed by atoms with E-state index in [1.165, 1.54) is 0 Å². The molecule has 2 atom stereocenters. The minimum atomic E-state index is -0.0965. The van der Waals surface area contributed by atoms with Crippen LogP contribution in [0, 0.1) is 5.92 Å². The van der Waals surface area contributed by atoms with E-state index < -0.39 is 0 Å². The Labute approximate surface area is 121 Å². The number of aromatic nitrogens is 4. The summed E-state index contributed by atoms with van der Waals surface area (Å²) in [5.74, 6) is 1.54. The molecule has 0 radical (unpaired) electrons. The van der Waals surface area contributed by atoms with Crippen LogP contribution in [0.1, 0.15) is 65.4 Å². The normalized spacial score (nSPS) is 24.0. The van der Waals surface area contributed by atoms with Gasteiger partial charge in [0.25, 0.3) is 0 Å². The summed E-state index contributed by atoms with van der Waals surface area (Å²) in [5, 5.41) is 15.8. The van der Waals surface area contributed by atoms with Crippen molar-refractivity contribution in [3.05, 3.63) is 5.82 Å². The van der Waals surface area contributed by atoms with Crippen LogP contribution in [0.2, 0.25) is 0 Å². The average molecular weight is 281 g/mol. The van der Waals surface area contributed by atoms with Gasteiger partial charge in [0.1, 0.15) is 0 Å². The lowest BCUT2D eigenvalue weighted by atomic mass is 9.94. The zero-order valence-electron chi connectivity index (χ0n) is 13.3. The fourth-order valence-electron chi connectivity index (χ4n) is 2.66. The predicted molar refractivity (Wildman–Crippen MR) is 77.4 cm³/mol. The zero-order chi connectivity index (χ0) is 14.8. The molecular weight excluding hydrogens is 254 g/mol. The molecule has 1 saturated heterocycles. The van der Waals surface area contributed by atoms with Gasteiger partial charge in [-0.05, 0) is 56.5 Å². The SMILES string of the molecule is CC(C)CNC(C)c1nnnn1C1CCOC(C)(C)C1. The fraction of sp³-hybridized carbons (Fsp3) is 0.929. The third-order valence-electron chi connectivity index (χ3n) is 3.75. The summed E-state index contributed by atoms with van der Waals surface area (Å²) in [5.41, 5.74) is -0.0965. The van der Waals surface area contributed by atoms with Crippen LogP contribution in [0.3, 0.4) is 0 Å².